The Labute approximate surface area is 100 Å². The van der Waals surface area contributed by atoms with Crippen molar-refractivity contribution in [3.8, 4) is 5.75 Å². The Morgan fingerprint density at radius 3 is 2.82 bits per heavy atom. The molecule has 0 amide bonds. The topological polar surface area (TPSA) is 34.4 Å². The van der Waals surface area contributed by atoms with Gasteiger partial charge in [-0.1, -0.05) is 18.2 Å². The van der Waals surface area contributed by atoms with Crippen LogP contribution in [-0.4, -0.2) is 13.2 Å². The largest absolute Gasteiger partial charge is 0.488 e. The fourth-order valence-corrected chi connectivity index (χ4v) is 2.37. The first-order valence-electron chi connectivity index (χ1n) is 5.83. The van der Waals surface area contributed by atoms with Gasteiger partial charge < -0.3 is 14.5 Å². The Morgan fingerprint density at radius 1 is 1.24 bits per heavy atom. The van der Waals surface area contributed by atoms with Crippen molar-refractivity contribution >= 4 is 0 Å². The Morgan fingerprint density at radius 2 is 2.12 bits per heavy atom. The number of ether oxygens (including phenoxy) is 1. The Hall–Kier alpha value is -1.74. The molecule has 2 unspecified atom stereocenters. The summed E-state index contributed by atoms with van der Waals surface area (Å²) in [5.74, 6) is 1.91. The second kappa shape index (κ2) is 4.26. The van der Waals surface area contributed by atoms with E-state index >= 15 is 0 Å². The van der Waals surface area contributed by atoms with Gasteiger partial charge in [-0.15, -0.1) is 0 Å². The van der Waals surface area contributed by atoms with Crippen LogP contribution in [0.15, 0.2) is 47.1 Å². The zero-order valence-corrected chi connectivity index (χ0v) is 9.72. The molecule has 0 saturated heterocycles. The maximum atomic E-state index is 5.96. The number of rotatable bonds is 3. The van der Waals surface area contributed by atoms with Crippen molar-refractivity contribution in [1.82, 2.24) is 5.32 Å². The number of nitrogens with one attached hydrogen (secondary N) is 1. The van der Waals surface area contributed by atoms with E-state index < -0.39 is 0 Å². The summed E-state index contributed by atoms with van der Waals surface area (Å²) in [6, 6.07) is 12.2. The van der Waals surface area contributed by atoms with Crippen molar-refractivity contribution in [2.24, 2.45) is 0 Å². The number of benzene rings is 1. The second-order valence-electron chi connectivity index (χ2n) is 4.25. The minimum Gasteiger partial charge on any atom is -0.488 e. The third kappa shape index (κ3) is 1.83. The predicted octanol–water partition coefficient (Wildman–Crippen LogP) is 2.54. The third-order valence-electron chi connectivity index (χ3n) is 3.20. The number of para-hydroxylation sites is 1. The molecule has 2 atom stereocenters. The van der Waals surface area contributed by atoms with Gasteiger partial charge in [-0.2, -0.15) is 0 Å². The van der Waals surface area contributed by atoms with Gasteiger partial charge in [0.25, 0.3) is 0 Å². The maximum Gasteiger partial charge on any atom is 0.125 e. The van der Waals surface area contributed by atoms with Crippen molar-refractivity contribution in [3.63, 3.8) is 0 Å². The third-order valence-corrected chi connectivity index (χ3v) is 3.20. The van der Waals surface area contributed by atoms with Gasteiger partial charge in [0.15, 0.2) is 0 Å². The summed E-state index contributed by atoms with van der Waals surface area (Å²) in [6.07, 6.45) is 2.72. The lowest BCUT2D eigenvalue weighted by Gasteiger charge is -2.20. The van der Waals surface area contributed by atoms with Crippen LogP contribution in [0.3, 0.4) is 0 Å². The normalized spacial score (nSPS) is 19.7. The maximum absolute atomic E-state index is 5.96. The van der Waals surface area contributed by atoms with Crippen molar-refractivity contribution in [3.05, 3.63) is 54.0 Å². The SMILES string of the molecule is CNC(c1ccco1)C1Cc2ccccc2O1. The number of likely N-dealkylation sites (N-methyl/N-ethyl adjacent to an activating group) is 1. The molecule has 88 valence electrons. The first-order chi connectivity index (χ1) is 8.38. The number of hydrogen-bond acceptors (Lipinski definition) is 3. The Kier molecular flexibility index (Phi) is 2.61. The molecule has 1 aromatic carbocycles. The smallest absolute Gasteiger partial charge is 0.125 e. The van der Waals surface area contributed by atoms with Crippen LogP contribution in [0.1, 0.15) is 17.4 Å². The fourth-order valence-electron chi connectivity index (χ4n) is 2.37. The lowest BCUT2D eigenvalue weighted by molar-refractivity contribution is 0.169. The van der Waals surface area contributed by atoms with E-state index in [1.807, 2.05) is 37.4 Å². The van der Waals surface area contributed by atoms with Crippen molar-refractivity contribution in [2.45, 2.75) is 18.6 Å². The highest BCUT2D eigenvalue weighted by molar-refractivity contribution is 5.38. The van der Waals surface area contributed by atoms with Crippen molar-refractivity contribution < 1.29 is 9.15 Å². The molecule has 1 aliphatic heterocycles. The molecular weight excluding hydrogens is 214 g/mol. The summed E-state index contributed by atoms with van der Waals surface area (Å²) in [6.45, 7) is 0. The average Bonchev–Trinajstić information content (AvgIpc) is 2.98. The molecule has 0 saturated carbocycles. The molecule has 1 aromatic heterocycles. The molecule has 1 aliphatic rings. The predicted molar refractivity (Wildman–Crippen MR) is 65.1 cm³/mol. The van der Waals surface area contributed by atoms with Crippen LogP contribution in [-0.2, 0) is 6.42 Å². The highest BCUT2D eigenvalue weighted by Gasteiger charge is 2.31. The van der Waals surface area contributed by atoms with Gasteiger partial charge in [0.05, 0.1) is 6.26 Å². The summed E-state index contributed by atoms with van der Waals surface area (Å²) in [7, 11) is 1.93. The highest BCUT2D eigenvalue weighted by atomic mass is 16.5. The van der Waals surface area contributed by atoms with E-state index in [4.69, 9.17) is 9.15 Å². The molecule has 0 radical (unpaired) electrons. The molecule has 2 aromatic rings. The molecule has 3 heteroatoms. The van der Waals surface area contributed by atoms with Crippen molar-refractivity contribution in [2.75, 3.05) is 7.05 Å². The van der Waals surface area contributed by atoms with E-state index in [0.29, 0.717) is 0 Å². The quantitative estimate of drug-likeness (QED) is 0.878. The van der Waals surface area contributed by atoms with Crippen LogP contribution in [0.2, 0.25) is 0 Å². The molecule has 0 spiro atoms. The summed E-state index contributed by atoms with van der Waals surface area (Å²) in [4.78, 5) is 0. The van der Waals surface area contributed by atoms with Gasteiger partial charge in [-0.3, -0.25) is 0 Å². The van der Waals surface area contributed by atoms with Gasteiger partial charge in [-0.05, 0) is 30.8 Å². The molecule has 0 bridgehead atoms. The molecule has 3 rings (SSSR count). The van der Waals surface area contributed by atoms with Gasteiger partial charge in [0.2, 0.25) is 0 Å². The summed E-state index contributed by atoms with van der Waals surface area (Å²) < 4.78 is 11.4. The van der Waals surface area contributed by atoms with Crippen LogP contribution in [0.4, 0.5) is 0 Å². The molecule has 17 heavy (non-hydrogen) atoms. The second-order valence-corrected chi connectivity index (χ2v) is 4.25. The zero-order chi connectivity index (χ0) is 11.7. The van der Waals surface area contributed by atoms with Crippen molar-refractivity contribution in [1.29, 1.82) is 0 Å². The van der Waals surface area contributed by atoms with E-state index in [0.717, 1.165) is 17.9 Å². The number of fused-ring (bicyclic) bond motifs is 1. The highest BCUT2D eigenvalue weighted by Crippen LogP contribution is 2.33. The zero-order valence-electron chi connectivity index (χ0n) is 9.72. The average molecular weight is 229 g/mol. The minimum absolute atomic E-state index is 0.0948. The monoisotopic (exact) mass is 229 g/mol. The summed E-state index contributed by atoms with van der Waals surface area (Å²) in [5.41, 5.74) is 1.27. The Balaban J connectivity index is 1.83. The minimum atomic E-state index is 0.0948. The summed E-state index contributed by atoms with van der Waals surface area (Å²) in [5, 5.41) is 3.26. The lowest BCUT2D eigenvalue weighted by atomic mass is 10.0. The summed E-state index contributed by atoms with van der Waals surface area (Å²) >= 11 is 0. The van der Waals surface area contributed by atoms with Crippen LogP contribution in [0.25, 0.3) is 0 Å². The number of hydrogen-bond donors (Lipinski definition) is 1. The fraction of sp³-hybridized carbons (Fsp3) is 0.286. The number of furan rings is 1. The van der Waals surface area contributed by atoms with E-state index in [1.165, 1.54) is 5.56 Å². The molecule has 3 nitrogen and oxygen atoms in total. The van der Waals surface area contributed by atoms with Gasteiger partial charge in [0.1, 0.15) is 23.7 Å². The molecule has 0 aliphatic carbocycles. The van der Waals surface area contributed by atoms with E-state index in [1.54, 1.807) is 6.26 Å². The van der Waals surface area contributed by atoms with Crippen LogP contribution < -0.4 is 10.1 Å². The van der Waals surface area contributed by atoms with Crippen LogP contribution in [0.5, 0.6) is 5.75 Å². The van der Waals surface area contributed by atoms with Gasteiger partial charge >= 0.3 is 0 Å². The standard InChI is InChI=1S/C14H15NO2/c1-15-14(12-7-4-8-16-12)13-9-10-5-2-3-6-11(10)17-13/h2-8,13-15H,9H2,1H3. The van der Waals surface area contributed by atoms with E-state index in [2.05, 4.69) is 11.4 Å². The lowest BCUT2D eigenvalue weighted by Crippen LogP contribution is -2.32. The van der Waals surface area contributed by atoms with Crippen LogP contribution in [0, 0.1) is 0 Å². The van der Waals surface area contributed by atoms with Gasteiger partial charge in [-0.25, -0.2) is 0 Å². The molecular formula is C14H15NO2. The molecule has 0 fully saturated rings. The first-order valence-corrected chi connectivity index (χ1v) is 5.83. The molecule has 1 N–H and O–H groups in total. The van der Waals surface area contributed by atoms with Crippen LogP contribution >= 0.6 is 0 Å². The molecule has 2 heterocycles. The van der Waals surface area contributed by atoms with E-state index in [-0.39, 0.29) is 12.1 Å². The van der Waals surface area contributed by atoms with E-state index in [9.17, 15) is 0 Å². The van der Waals surface area contributed by atoms with Gasteiger partial charge in [0, 0.05) is 6.42 Å². The first kappa shape index (κ1) is 10.4. The Bertz CT molecular complexity index is 468.